The number of aryl methyl sites for hydroxylation is 1. The van der Waals surface area contributed by atoms with Crippen molar-refractivity contribution in [2.45, 2.75) is 6.92 Å². The Morgan fingerprint density at radius 3 is 2.53 bits per heavy atom. The van der Waals surface area contributed by atoms with Gasteiger partial charge in [-0.3, -0.25) is 4.98 Å². The highest BCUT2D eigenvalue weighted by Crippen LogP contribution is 2.21. The molecule has 15 heavy (non-hydrogen) atoms. The van der Waals surface area contributed by atoms with E-state index in [1.165, 1.54) is 5.56 Å². The number of benzene rings is 1. The first-order valence-electron chi connectivity index (χ1n) is 4.96. The SMILES string of the molecule is C=Cc1cccnc1-c1ccc(C)cc1. The zero-order valence-electron chi connectivity index (χ0n) is 8.77. The van der Waals surface area contributed by atoms with Crippen LogP contribution >= 0.6 is 0 Å². The summed E-state index contributed by atoms with van der Waals surface area (Å²) in [7, 11) is 0. The summed E-state index contributed by atoms with van der Waals surface area (Å²) in [6.07, 6.45) is 3.64. The van der Waals surface area contributed by atoms with Gasteiger partial charge in [-0.1, -0.05) is 48.6 Å². The molecule has 0 spiro atoms. The Kier molecular flexibility index (Phi) is 2.64. The molecule has 2 rings (SSSR count). The summed E-state index contributed by atoms with van der Waals surface area (Å²) in [4.78, 5) is 4.38. The molecule has 74 valence electrons. The first-order valence-corrected chi connectivity index (χ1v) is 4.96. The van der Waals surface area contributed by atoms with Crippen LogP contribution in [0.1, 0.15) is 11.1 Å². The van der Waals surface area contributed by atoms with Crippen LogP contribution in [0.15, 0.2) is 49.2 Å². The second kappa shape index (κ2) is 4.09. The Labute approximate surface area is 90.1 Å². The quantitative estimate of drug-likeness (QED) is 0.712. The van der Waals surface area contributed by atoms with Crippen molar-refractivity contribution in [1.29, 1.82) is 0 Å². The lowest BCUT2D eigenvalue weighted by molar-refractivity contribution is 1.31. The van der Waals surface area contributed by atoms with Crippen molar-refractivity contribution in [3.05, 3.63) is 60.3 Å². The molecule has 1 aromatic carbocycles. The van der Waals surface area contributed by atoms with Crippen LogP contribution in [0.4, 0.5) is 0 Å². The Balaban J connectivity index is 2.53. The van der Waals surface area contributed by atoms with Gasteiger partial charge in [0.05, 0.1) is 5.69 Å². The van der Waals surface area contributed by atoms with E-state index >= 15 is 0 Å². The third-order valence-corrected chi connectivity index (χ3v) is 2.38. The molecule has 0 amide bonds. The van der Waals surface area contributed by atoms with Gasteiger partial charge in [0.2, 0.25) is 0 Å². The Morgan fingerprint density at radius 2 is 1.87 bits per heavy atom. The topological polar surface area (TPSA) is 12.9 Å². The molecule has 0 N–H and O–H groups in total. The minimum Gasteiger partial charge on any atom is -0.256 e. The summed E-state index contributed by atoms with van der Waals surface area (Å²) >= 11 is 0. The third kappa shape index (κ3) is 1.96. The maximum absolute atomic E-state index is 4.38. The summed E-state index contributed by atoms with van der Waals surface area (Å²) in [6, 6.07) is 12.3. The molecule has 1 heterocycles. The van der Waals surface area contributed by atoms with Gasteiger partial charge in [-0.2, -0.15) is 0 Å². The largest absolute Gasteiger partial charge is 0.256 e. The van der Waals surface area contributed by atoms with E-state index in [0.717, 1.165) is 16.8 Å². The monoisotopic (exact) mass is 195 g/mol. The van der Waals surface area contributed by atoms with Gasteiger partial charge in [0.15, 0.2) is 0 Å². The zero-order chi connectivity index (χ0) is 10.7. The van der Waals surface area contributed by atoms with Gasteiger partial charge < -0.3 is 0 Å². The molecular weight excluding hydrogens is 182 g/mol. The van der Waals surface area contributed by atoms with Gasteiger partial charge in [-0.25, -0.2) is 0 Å². The Morgan fingerprint density at radius 1 is 1.13 bits per heavy atom. The van der Waals surface area contributed by atoms with Crippen molar-refractivity contribution in [2.24, 2.45) is 0 Å². The molecule has 0 bridgehead atoms. The number of pyridine rings is 1. The Hall–Kier alpha value is -1.89. The van der Waals surface area contributed by atoms with Gasteiger partial charge in [-0.15, -0.1) is 0 Å². The molecule has 0 aliphatic rings. The van der Waals surface area contributed by atoms with Crippen LogP contribution < -0.4 is 0 Å². The molecular formula is C14H13N. The van der Waals surface area contributed by atoms with E-state index in [0.29, 0.717) is 0 Å². The van der Waals surface area contributed by atoms with Gasteiger partial charge in [0.1, 0.15) is 0 Å². The lowest BCUT2D eigenvalue weighted by Crippen LogP contribution is -1.87. The summed E-state index contributed by atoms with van der Waals surface area (Å²) < 4.78 is 0. The van der Waals surface area contributed by atoms with Gasteiger partial charge in [0.25, 0.3) is 0 Å². The minimum atomic E-state index is 0.993. The molecule has 1 heteroatoms. The van der Waals surface area contributed by atoms with E-state index in [4.69, 9.17) is 0 Å². The minimum absolute atomic E-state index is 0.993. The maximum atomic E-state index is 4.38. The Bertz CT molecular complexity index is 469. The lowest BCUT2D eigenvalue weighted by Gasteiger charge is -2.04. The molecule has 0 unspecified atom stereocenters. The maximum Gasteiger partial charge on any atom is 0.0774 e. The van der Waals surface area contributed by atoms with Crippen molar-refractivity contribution in [2.75, 3.05) is 0 Å². The molecule has 1 aromatic heterocycles. The smallest absolute Gasteiger partial charge is 0.0774 e. The molecule has 1 nitrogen and oxygen atoms in total. The molecule has 0 saturated heterocycles. The molecule has 0 atom stereocenters. The fourth-order valence-electron chi connectivity index (χ4n) is 1.54. The van der Waals surface area contributed by atoms with Crippen LogP contribution in [-0.2, 0) is 0 Å². The number of hydrogen-bond donors (Lipinski definition) is 0. The summed E-state index contributed by atoms with van der Waals surface area (Å²) in [5.74, 6) is 0. The van der Waals surface area contributed by atoms with Gasteiger partial charge in [0, 0.05) is 17.3 Å². The summed E-state index contributed by atoms with van der Waals surface area (Å²) in [5.41, 5.74) is 4.46. The van der Waals surface area contributed by atoms with Crippen molar-refractivity contribution in [3.8, 4) is 11.3 Å². The van der Waals surface area contributed by atoms with E-state index in [1.54, 1.807) is 0 Å². The second-order valence-electron chi connectivity index (χ2n) is 3.51. The molecule has 0 aliphatic carbocycles. The molecule has 0 saturated carbocycles. The fraction of sp³-hybridized carbons (Fsp3) is 0.0714. The van der Waals surface area contributed by atoms with E-state index in [-0.39, 0.29) is 0 Å². The lowest BCUT2D eigenvalue weighted by atomic mass is 10.0. The third-order valence-electron chi connectivity index (χ3n) is 2.38. The van der Waals surface area contributed by atoms with E-state index in [1.807, 2.05) is 24.4 Å². The van der Waals surface area contributed by atoms with Crippen LogP contribution in [0.25, 0.3) is 17.3 Å². The van der Waals surface area contributed by atoms with Crippen molar-refractivity contribution < 1.29 is 0 Å². The second-order valence-corrected chi connectivity index (χ2v) is 3.51. The van der Waals surface area contributed by atoms with Crippen LogP contribution in [0.2, 0.25) is 0 Å². The van der Waals surface area contributed by atoms with Crippen molar-refractivity contribution >= 4 is 6.08 Å². The summed E-state index contributed by atoms with van der Waals surface area (Å²) in [5, 5.41) is 0. The van der Waals surface area contributed by atoms with Crippen molar-refractivity contribution in [1.82, 2.24) is 4.98 Å². The average molecular weight is 195 g/mol. The standard InChI is InChI=1S/C14H13N/c1-3-12-5-4-10-15-14(12)13-8-6-11(2)7-9-13/h3-10H,1H2,2H3. The van der Waals surface area contributed by atoms with E-state index in [2.05, 4.69) is 42.8 Å². The molecule has 2 aromatic rings. The van der Waals surface area contributed by atoms with Crippen LogP contribution in [0.5, 0.6) is 0 Å². The van der Waals surface area contributed by atoms with E-state index in [9.17, 15) is 0 Å². The molecule has 0 radical (unpaired) electrons. The zero-order valence-corrected chi connectivity index (χ0v) is 8.77. The fourth-order valence-corrected chi connectivity index (χ4v) is 1.54. The molecule has 0 fully saturated rings. The normalized spacial score (nSPS) is 9.93. The predicted octanol–water partition coefficient (Wildman–Crippen LogP) is 3.70. The van der Waals surface area contributed by atoms with E-state index < -0.39 is 0 Å². The van der Waals surface area contributed by atoms with Crippen LogP contribution in [0.3, 0.4) is 0 Å². The molecule has 0 aliphatic heterocycles. The summed E-state index contributed by atoms with van der Waals surface area (Å²) in [6.45, 7) is 5.87. The number of hydrogen-bond acceptors (Lipinski definition) is 1. The first-order chi connectivity index (χ1) is 7.31. The highest BCUT2D eigenvalue weighted by atomic mass is 14.7. The highest BCUT2D eigenvalue weighted by Gasteiger charge is 2.02. The van der Waals surface area contributed by atoms with Gasteiger partial charge in [-0.05, 0) is 13.0 Å². The number of aromatic nitrogens is 1. The van der Waals surface area contributed by atoms with Crippen LogP contribution in [0, 0.1) is 6.92 Å². The van der Waals surface area contributed by atoms with Crippen LogP contribution in [-0.4, -0.2) is 4.98 Å². The highest BCUT2D eigenvalue weighted by molar-refractivity contribution is 5.71. The number of rotatable bonds is 2. The predicted molar refractivity (Wildman–Crippen MR) is 64.5 cm³/mol. The first kappa shape index (κ1) is 9.66. The van der Waals surface area contributed by atoms with Gasteiger partial charge >= 0.3 is 0 Å². The number of nitrogens with zero attached hydrogens (tertiary/aromatic N) is 1. The average Bonchev–Trinajstić information content (AvgIpc) is 2.30. The van der Waals surface area contributed by atoms with Crippen molar-refractivity contribution in [3.63, 3.8) is 0 Å².